The number of piperidine rings is 1. The van der Waals surface area contributed by atoms with Gasteiger partial charge in [0, 0.05) is 29.8 Å². The van der Waals surface area contributed by atoms with Crippen molar-refractivity contribution >= 4 is 34.2 Å². The van der Waals surface area contributed by atoms with E-state index in [1.54, 1.807) is 0 Å². The standard InChI is InChI=1S/C14H22BrN3O.ClH/c1-2-17-10-11(15)9-13(17)14(19)18-8-4-3-5-12(18)6-7-16;/h9-10,12H,2-8,16H2,1H3;1H. The second kappa shape index (κ2) is 8.05. The van der Waals surface area contributed by atoms with E-state index in [0.29, 0.717) is 12.6 Å². The van der Waals surface area contributed by atoms with Crippen LogP contribution in [-0.4, -0.2) is 34.5 Å². The van der Waals surface area contributed by atoms with E-state index >= 15 is 0 Å². The number of nitrogens with two attached hydrogens (primary N) is 1. The zero-order chi connectivity index (χ0) is 13.8. The van der Waals surface area contributed by atoms with Crippen molar-refractivity contribution in [1.82, 2.24) is 9.47 Å². The molecule has 0 saturated carbocycles. The first-order chi connectivity index (χ1) is 9.17. The molecule has 0 aliphatic carbocycles. The molecule has 6 heteroatoms. The monoisotopic (exact) mass is 363 g/mol. The molecule has 1 atom stereocenters. The second-order valence-corrected chi connectivity index (χ2v) is 5.97. The van der Waals surface area contributed by atoms with Crippen LogP contribution in [-0.2, 0) is 6.54 Å². The minimum Gasteiger partial charge on any atom is -0.343 e. The van der Waals surface area contributed by atoms with Crippen LogP contribution in [0.25, 0.3) is 0 Å². The Morgan fingerprint density at radius 3 is 2.90 bits per heavy atom. The number of rotatable bonds is 4. The summed E-state index contributed by atoms with van der Waals surface area (Å²) in [5, 5.41) is 0. The van der Waals surface area contributed by atoms with E-state index < -0.39 is 0 Å². The molecule has 114 valence electrons. The van der Waals surface area contributed by atoms with Gasteiger partial charge in [0.2, 0.25) is 0 Å². The highest BCUT2D eigenvalue weighted by atomic mass is 79.9. The third-order valence-corrected chi connectivity index (χ3v) is 4.24. The predicted octanol–water partition coefficient (Wildman–Crippen LogP) is 3.04. The van der Waals surface area contributed by atoms with Crippen molar-refractivity contribution in [3.63, 3.8) is 0 Å². The SMILES string of the molecule is CCn1cc(Br)cc1C(=O)N1CCCCC1CCN.Cl. The minimum absolute atomic E-state index is 0. The Hall–Kier alpha value is -0.520. The van der Waals surface area contributed by atoms with Gasteiger partial charge in [-0.1, -0.05) is 0 Å². The molecule has 1 aliphatic rings. The van der Waals surface area contributed by atoms with Gasteiger partial charge in [-0.25, -0.2) is 0 Å². The molecule has 1 fully saturated rings. The fourth-order valence-corrected chi connectivity index (χ4v) is 3.29. The molecule has 20 heavy (non-hydrogen) atoms. The summed E-state index contributed by atoms with van der Waals surface area (Å²) in [6, 6.07) is 2.23. The summed E-state index contributed by atoms with van der Waals surface area (Å²) >= 11 is 3.45. The van der Waals surface area contributed by atoms with Crippen LogP contribution in [0.4, 0.5) is 0 Å². The van der Waals surface area contributed by atoms with Crippen LogP contribution in [0.2, 0.25) is 0 Å². The largest absolute Gasteiger partial charge is 0.343 e. The molecule has 0 aromatic carbocycles. The molecular formula is C14H23BrClN3O. The zero-order valence-electron chi connectivity index (χ0n) is 11.8. The number of nitrogens with zero attached hydrogens (tertiary/aromatic N) is 2. The lowest BCUT2D eigenvalue weighted by Gasteiger charge is -2.35. The molecule has 2 N–H and O–H groups in total. The van der Waals surface area contributed by atoms with Gasteiger partial charge in [0.15, 0.2) is 0 Å². The summed E-state index contributed by atoms with van der Waals surface area (Å²) in [6.07, 6.45) is 6.25. The molecule has 0 spiro atoms. The van der Waals surface area contributed by atoms with Crippen LogP contribution in [0.5, 0.6) is 0 Å². The summed E-state index contributed by atoms with van der Waals surface area (Å²) in [5.41, 5.74) is 6.45. The average molecular weight is 365 g/mol. The minimum atomic E-state index is 0. The zero-order valence-corrected chi connectivity index (χ0v) is 14.3. The van der Waals surface area contributed by atoms with Crippen molar-refractivity contribution in [2.75, 3.05) is 13.1 Å². The number of aromatic nitrogens is 1. The van der Waals surface area contributed by atoms with Crippen molar-refractivity contribution in [3.05, 3.63) is 22.4 Å². The van der Waals surface area contributed by atoms with Crippen LogP contribution in [0, 0.1) is 0 Å². The van der Waals surface area contributed by atoms with Gasteiger partial charge >= 0.3 is 0 Å². The van der Waals surface area contributed by atoms with E-state index in [9.17, 15) is 4.79 Å². The molecule has 1 aliphatic heterocycles. The maximum atomic E-state index is 12.7. The third-order valence-electron chi connectivity index (χ3n) is 3.81. The average Bonchev–Trinajstić information content (AvgIpc) is 2.80. The topological polar surface area (TPSA) is 51.3 Å². The van der Waals surface area contributed by atoms with Crippen LogP contribution >= 0.6 is 28.3 Å². The van der Waals surface area contributed by atoms with E-state index in [2.05, 4.69) is 22.9 Å². The number of carbonyl (C=O) groups is 1. The molecule has 1 aromatic heterocycles. The van der Waals surface area contributed by atoms with Crippen molar-refractivity contribution in [2.24, 2.45) is 5.73 Å². The molecule has 1 amide bonds. The van der Waals surface area contributed by atoms with Gasteiger partial charge in [-0.05, 0) is 61.1 Å². The maximum absolute atomic E-state index is 12.7. The quantitative estimate of drug-likeness (QED) is 0.893. The van der Waals surface area contributed by atoms with Gasteiger partial charge in [0.05, 0.1) is 0 Å². The summed E-state index contributed by atoms with van der Waals surface area (Å²) in [5.74, 6) is 0.144. The maximum Gasteiger partial charge on any atom is 0.270 e. The van der Waals surface area contributed by atoms with E-state index in [1.807, 2.05) is 21.7 Å². The van der Waals surface area contributed by atoms with Crippen LogP contribution in [0.3, 0.4) is 0 Å². The summed E-state index contributed by atoms with van der Waals surface area (Å²) < 4.78 is 2.96. The molecule has 1 saturated heterocycles. The third kappa shape index (κ3) is 3.77. The summed E-state index contributed by atoms with van der Waals surface area (Å²) in [4.78, 5) is 14.7. The number of likely N-dealkylation sites (tertiary alicyclic amines) is 1. The van der Waals surface area contributed by atoms with Crippen molar-refractivity contribution in [1.29, 1.82) is 0 Å². The first-order valence-corrected chi connectivity index (χ1v) is 7.83. The molecule has 0 radical (unpaired) electrons. The van der Waals surface area contributed by atoms with Crippen molar-refractivity contribution < 1.29 is 4.79 Å². The predicted molar refractivity (Wildman–Crippen MR) is 87.4 cm³/mol. The van der Waals surface area contributed by atoms with Gasteiger partial charge < -0.3 is 15.2 Å². The first kappa shape index (κ1) is 17.5. The molecule has 0 bridgehead atoms. The van der Waals surface area contributed by atoms with Gasteiger partial charge in [0.1, 0.15) is 5.69 Å². The molecule has 1 aromatic rings. The summed E-state index contributed by atoms with van der Waals surface area (Å²) in [6.45, 7) is 4.36. The van der Waals surface area contributed by atoms with Crippen molar-refractivity contribution in [3.8, 4) is 0 Å². The Balaban J connectivity index is 0.00000200. The van der Waals surface area contributed by atoms with E-state index in [4.69, 9.17) is 5.73 Å². The molecule has 2 rings (SSSR count). The van der Waals surface area contributed by atoms with Gasteiger partial charge in [-0.15, -0.1) is 12.4 Å². The van der Waals surface area contributed by atoms with Gasteiger partial charge in [0.25, 0.3) is 5.91 Å². The molecule has 4 nitrogen and oxygen atoms in total. The van der Waals surface area contributed by atoms with Crippen LogP contribution < -0.4 is 5.73 Å². The fourth-order valence-electron chi connectivity index (χ4n) is 2.82. The van der Waals surface area contributed by atoms with Crippen LogP contribution in [0.15, 0.2) is 16.7 Å². The second-order valence-electron chi connectivity index (χ2n) is 5.06. The van der Waals surface area contributed by atoms with Crippen molar-refractivity contribution in [2.45, 2.75) is 45.2 Å². The smallest absolute Gasteiger partial charge is 0.270 e. The van der Waals surface area contributed by atoms with E-state index in [1.165, 1.54) is 6.42 Å². The van der Waals surface area contributed by atoms with E-state index in [-0.39, 0.29) is 18.3 Å². The normalized spacial score (nSPS) is 18.8. The Labute approximate surface area is 135 Å². The first-order valence-electron chi connectivity index (χ1n) is 7.04. The number of hydrogen-bond acceptors (Lipinski definition) is 2. The lowest BCUT2D eigenvalue weighted by Crippen LogP contribution is -2.45. The molecular weight excluding hydrogens is 342 g/mol. The van der Waals surface area contributed by atoms with Gasteiger partial charge in [-0.3, -0.25) is 4.79 Å². The number of halogens is 2. The highest BCUT2D eigenvalue weighted by Crippen LogP contribution is 2.23. The lowest BCUT2D eigenvalue weighted by molar-refractivity contribution is 0.0594. The highest BCUT2D eigenvalue weighted by Gasteiger charge is 2.28. The number of carbonyl (C=O) groups excluding carboxylic acids is 1. The number of amides is 1. The summed E-state index contributed by atoms with van der Waals surface area (Å²) in [7, 11) is 0. The number of hydrogen-bond donors (Lipinski definition) is 1. The Morgan fingerprint density at radius 1 is 1.50 bits per heavy atom. The number of aryl methyl sites for hydroxylation is 1. The Bertz CT molecular complexity index is 448. The molecule has 2 heterocycles. The highest BCUT2D eigenvalue weighted by molar-refractivity contribution is 9.10. The fraction of sp³-hybridized carbons (Fsp3) is 0.643. The Morgan fingerprint density at radius 2 is 2.25 bits per heavy atom. The Kier molecular flexibility index (Phi) is 7.06. The van der Waals surface area contributed by atoms with Crippen LogP contribution in [0.1, 0.15) is 43.1 Å². The lowest BCUT2D eigenvalue weighted by atomic mass is 9.99. The molecule has 1 unspecified atom stereocenters. The van der Waals surface area contributed by atoms with E-state index in [0.717, 1.165) is 42.5 Å². The van der Waals surface area contributed by atoms with Gasteiger partial charge in [-0.2, -0.15) is 0 Å².